The van der Waals surface area contributed by atoms with E-state index in [-0.39, 0.29) is 5.60 Å². The fourth-order valence-corrected chi connectivity index (χ4v) is 1.82. The van der Waals surface area contributed by atoms with Gasteiger partial charge in [0.15, 0.2) is 0 Å². The summed E-state index contributed by atoms with van der Waals surface area (Å²) in [6, 6.07) is 6.61. The summed E-state index contributed by atoms with van der Waals surface area (Å²) < 4.78 is 5.92. The summed E-state index contributed by atoms with van der Waals surface area (Å²) in [7, 11) is 0. The Bertz CT molecular complexity index is 388. The maximum atomic E-state index is 10.7. The second-order valence-electron chi connectivity index (χ2n) is 4.65. The molecule has 3 heteroatoms. The van der Waals surface area contributed by atoms with E-state index < -0.39 is 5.97 Å². The Kier molecular flexibility index (Phi) is 2.62. The minimum atomic E-state index is -0.906. The van der Waals surface area contributed by atoms with Gasteiger partial charge in [0.1, 0.15) is 11.4 Å². The smallest absolute Gasteiger partial charge is 0.335 e. The fourth-order valence-electron chi connectivity index (χ4n) is 1.82. The monoisotopic (exact) mass is 220 g/mol. The van der Waals surface area contributed by atoms with E-state index >= 15 is 0 Å². The first-order valence-electron chi connectivity index (χ1n) is 5.56. The number of aromatic carboxylic acids is 1. The average molecular weight is 220 g/mol. The van der Waals surface area contributed by atoms with Gasteiger partial charge in [-0.1, -0.05) is 13.8 Å². The van der Waals surface area contributed by atoms with Crippen LogP contribution in [0.3, 0.4) is 0 Å². The molecule has 1 N–H and O–H groups in total. The summed E-state index contributed by atoms with van der Waals surface area (Å²) in [5.41, 5.74) is 0.284. The van der Waals surface area contributed by atoms with Gasteiger partial charge in [0.2, 0.25) is 0 Å². The van der Waals surface area contributed by atoms with Crippen molar-refractivity contribution in [2.45, 2.75) is 32.3 Å². The molecule has 0 spiro atoms. The molecule has 1 fully saturated rings. The van der Waals surface area contributed by atoms with Crippen molar-refractivity contribution in [2.75, 3.05) is 0 Å². The lowest BCUT2D eigenvalue weighted by molar-refractivity contribution is 0.0696. The fraction of sp³-hybridized carbons (Fsp3) is 0.462. The topological polar surface area (TPSA) is 46.5 Å². The lowest BCUT2D eigenvalue weighted by Gasteiger charge is -2.21. The van der Waals surface area contributed by atoms with Crippen molar-refractivity contribution < 1.29 is 14.6 Å². The second-order valence-corrected chi connectivity index (χ2v) is 4.65. The predicted octanol–water partition coefficient (Wildman–Crippen LogP) is 2.95. The van der Waals surface area contributed by atoms with Crippen LogP contribution in [0, 0.1) is 5.92 Å². The number of benzene rings is 1. The van der Waals surface area contributed by atoms with Crippen molar-refractivity contribution >= 4 is 5.97 Å². The van der Waals surface area contributed by atoms with Crippen molar-refractivity contribution in [3.63, 3.8) is 0 Å². The van der Waals surface area contributed by atoms with E-state index in [9.17, 15) is 4.79 Å². The van der Waals surface area contributed by atoms with Gasteiger partial charge in [0.05, 0.1) is 5.56 Å². The zero-order valence-corrected chi connectivity index (χ0v) is 9.56. The Morgan fingerprint density at radius 2 is 1.88 bits per heavy atom. The van der Waals surface area contributed by atoms with E-state index in [1.807, 2.05) is 0 Å². The molecule has 1 aliphatic carbocycles. The highest BCUT2D eigenvalue weighted by Crippen LogP contribution is 2.46. The first-order valence-corrected chi connectivity index (χ1v) is 5.56. The lowest BCUT2D eigenvalue weighted by atomic mass is 10.1. The van der Waals surface area contributed by atoms with Gasteiger partial charge in [-0.25, -0.2) is 4.79 Å². The molecule has 0 unspecified atom stereocenters. The third-order valence-corrected chi connectivity index (χ3v) is 3.22. The highest BCUT2D eigenvalue weighted by molar-refractivity contribution is 5.87. The Hall–Kier alpha value is -1.51. The quantitative estimate of drug-likeness (QED) is 0.848. The zero-order chi connectivity index (χ0) is 11.8. The van der Waals surface area contributed by atoms with Crippen molar-refractivity contribution in [3.8, 4) is 5.75 Å². The van der Waals surface area contributed by atoms with E-state index in [0.29, 0.717) is 11.5 Å². The van der Waals surface area contributed by atoms with Gasteiger partial charge in [0.25, 0.3) is 0 Å². The van der Waals surface area contributed by atoms with E-state index in [0.717, 1.165) is 18.6 Å². The second kappa shape index (κ2) is 3.81. The highest BCUT2D eigenvalue weighted by atomic mass is 16.5. The van der Waals surface area contributed by atoms with Crippen LogP contribution < -0.4 is 4.74 Å². The van der Waals surface area contributed by atoms with Gasteiger partial charge in [-0.15, -0.1) is 0 Å². The van der Waals surface area contributed by atoms with Gasteiger partial charge >= 0.3 is 5.97 Å². The average Bonchev–Trinajstić information content (AvgIpc) is 3.00. The summed E-state index contributed by atoms with van der Waals surface area (Å²) in [6.45, 7) is 4.30. The molecule has 0 amide bonds. The Labute approximate surface area is 95.0 Å². The standard InChI is InChI=1S/C13H16O3/c1-9(2)13(7-8-13)16-11-5-3-10(4-6-11)12(14)15/h3-6,9H,7-8H2,1-2H3,(H,14,15). The molecule has 1 aromatic rings. The van der Waals surface area contributed by atoms with Gasteiger partial charge in [-0.3, -0.25) is 0 Å². The normalized spacial score (nSPS) is 17.2. The van der Waals surface area contributed by atoms with Crippen molar-refractivity contribution in [1.29, 1.82) is 0 Å². The van der Waals surface area contributed by atoms with Crippen LogP contribution in [0.2, 0.25) is 0 Å². The number of carboxylic acids is 1. The SMILES string of the molecule is CC(C)C1(Oc2ccc(C(=O)O)cc2)CC1. The molecule has 86 valence electrons. The lowest BCUT2D eigenvalue weighted by Crippen LogP contribution is -2.24. The van der Waals surface area contributed by atoms with Crippen LogP contribution in [0.25, 0.3) is 0 Å². The molecule has 0 radical (unpaired) electrons. The van der Waals surface area contributed by atoms with Gasteiger partial charge in [0, 0.05) is 0 Å². The van der Waals surface area contributed by atoms with Gasteiger partial charge in [-0.2, -0.15) is 0 Å². The molecular weight excluding hydrogens is 204 g/mol. The van der Waals surface area contributed by atoms with Crippen molar-refractivity contribution in [2.24, 2.45) is 5.92 Å². The summed E-state index contributed by atoms with van der Waals surface area (Å²) >= 11 is 0. The van der Waals surface area contributed by atoms with Crippen LogP contribution in [0.1, 0.15) is 37.0 Å². The van der Waals surface area contributed by atoms with E-state index in [2.05, 4.69) is 13.8 Å². The van der Waals surface area contributed by atoms with Crippen LogP contribution in [0.4, 0.5) is 0 Å². The van der Waals surface area contributed by atoms with E-state index in [1.54, 1.807) is 24.3 Å². The predicted molar refractivity (Wildman–Crippen MR) is 60.8 cm³/mol. The van der Waals surface area contributed by atoms with Crippen LogP contribution in [-0.4, -0.2) is 16.7 Å². The Balaban J connectivity index is 2.09. The van der Waals surface area contributed by atoms with Crippen LogP contribution in [0.5, 0.6) is 5.75 Å². The molecule has 1 saturated carbocycles. The maximum absolute atomic E-state index is 10.7. The zero-order valence-electron chi connectivity index (χ0n) is 9.56. The molecule has 0 saturated heterocycles. The first kappa shape index (κ1) is 11.0. The Morgan fingerprint density at radius 3 is 2.25 bits per heavy atom. The molecule has 1 aliphatic rings. The minimum Gasteiger partial charge on any atom is -0.487 e. The summed E-state index contributed by atoms with van der Waals surface area (Å²) in [5, 5.41) is 8.77. The van der Waals surface area contributed by atoms with Crippen LogP contribution in [0.15, 0.2) is 24.3 Å². The van der Waals surface area contributed by atoms with Crippen molar-refractivity contribution in [3.05, 3.63) is 29.8 Å². The first-order chi connectivity index (χ1) is 7.53. The number of rotatable bonds is 4. The highest BCUT2D eigenvalue weighted by Gasteiger charge is 2.48. The molecule has 3 nitrogen and oxygen atoms in total. The minimum absolute atomic E-state index is 0.00919. The third-order valence-electron chi connectivity index (χ3n) is 3.22. The number of ether oxygens (including phenoxy) is 1. The van der Waals surface area contributed by atoms with Gasteiger partial charge < -0.3 is 9.84 Å². The molecule has 2 rings (SSSR count). The number of carbonyl (C=O) groups is 1. The van der Waals surface area contributed by atoms with E-state index in [4.69, 9.17) is 9.84 Å². The molecule has 0 aromatic heterocycles. The molecule has 16 heavy (non-hydrogen) atoms. The van der Waals surface area contributed by atoms with Gasteiger partial charge in [-0.05, 0) is 43.0 Å². The summed E-state index contributed by atoms with van der Waals surface area (Å²) in [4.78, 5) is 10.7. The molecule has 0 bridgehead atoms. The largest absolute Gasteiger partial charge is 0.487 e. The molecular formula is C13H16O3. The molecule has 1 aromatic carbocycles. The number of hydrogen-bond donors (Lipinski definition) is 1. The van der Waals surface area contributed by atoms with E-state index in [1.165, 1.54) is 0 Å². The molecule has 0 aliphatic heterocycles. The number of hydrogen-bond acceptors (Lipinski definition) is 2. The van der Waals surface area contributed by atoms with Crippen molar-refractivity contribution in [1.82, 2.24) is 0 Å². The maximum Gasteiger partial charge on any atom is 0.335 e. The van der Waals surface area contributed by atoms with Crippen LogP contribution in [-0.2, 0) is 0 Å². The summed E-state index contributed by atoms with van der Waals surface area (Å²) in [5.74, 6) is 0.347. The van der Waals surface area contributed by atoms with Crippen LogP contribution >= 0.6 is 0 Å². The number of carboxylic acid groups (broad SMARTS) is 1. The summed E-state index contributed by atoms with van der Waals surface area (Å²) in [6.07, 6.45) is 2.18. The third kappa shape index (κ3) is 2.03. The Morgan fingerprint density at radius 1 is 1.31 bits per heavy atom. The molecule has 0 atom stereocenters. The molecule has 0 heterocycles.